The second-order valence-corrected chi connectivity index (χ2v) is 7.94. The van der Waals surface area contributed by atoms with Crippen LogP contribution in [0.2, 0.25) is 0 Å². The summed E-state index contributed by atoms with van der Waals surface area (Å²) in [5, 5.41) is 35.8. The Morgan fingerprint density at radius 2 is 1.83 bits per heavy atom. The Kier molecular flexibility index (Phi) is 13.5. The van der Waals surface area contributed by atoms with E-state index in [0.717, 1.165) is 0 Å². The van der Waals surface area contributed by atoms with Crippen molar-refractivity contribution < 1.29 is 93.3 Å². The number of piperazine rings is 1. The maximum absolute atomic E-state index is 12.3. The van der Waals surface area contributed by atoms with Gasteiger partial charge in [0.05, 0.1) is 18.2 Å². The molecule has 0 saturated carbocycles. The summed E-state index contributed by atoms with van der Waals surface area (Å²) in [7, 11) is 0. The van der Waals surface area contributed by atoms with Crippen molar-refractivity contribution in [3.8, 4) is 0 Å². The van der Waals surface area contributed by atoms with Crippen LogP contribution in [0.4, 0.5) is 5.69 Å². The molecule has 36 heavy (non-hydrogen) atoms. The van der Waals surface area contributed by atoms with E-state index in [0.29, 0.717) is 18.6 Å². The van der Waals surface area contributed by atoms with E-state index >= 15 is 0 Å². The molecule has 2 fully saturated rings. The number of carboxylic acid groups (broad SMARTS) is 2. The van der Waals surface area contributed by atoms with Crippen LogP contribution >= 0.6 is 0 Å². The molecular weight excluding hydrogens is 496 g/mol. The Labute approximate surface area is 251 Å². The maximum atomic E-state index is 12.3. The van der Waals surface area contributed by atoms with Gasteiger partial charge in [-0.25, -0.2) is 0 Å². The van der Waals surface area contributed by atoms with Gasteiger partial charge in [0.25, 0.3) is 5.91 Å². The van der Waals surface area contributed by atoms with Gasteiger partial charge in [-0.1, -0.05) is 0 Å². The Balaban J connectivity index is 0.00000324. The molecule has 14 nitrogen and oxygen atoms in total. The first-order chi connectivity index (χ1) is 16.2. The van der Waals surface area contributed by atoms with Crippen LogP contribution in [0.1, 0.15) is 23.2 Å². The van der Waals surface area contributed by atoms with Crippen LogP contribution in [0.15, 0.2) is 24.3 Å². The largest absolute Gasteiger partial charge is 1.00 e. The van der Waals surface area contributed by atoms with E-state index in [9.17, 15) is 34.2 Å². The fourth-order valence-corrected chi connectivity index (χ4v) is 3.78. The van der Waals surface area contributed by atoms with Crippen molar-refractivity contribution in [3.05, 3.63) is 29.8 Å². The van der Waals surface area contributed by atoms with Crippen LogP contribution in [0.25, 0.3) is 0 Å². The molecule has 2 saturated heterocycles. The first-order valence-electron chi connectivity index (χ1n) is 10.5. The number of hydrogen-bond donors (Lipinski definition) is 6. The van der Waals surface area contributed by atoms with Crippen molar-refractivity contribution in [1.29, 1.82) is 0 Å². The molecule has 16 heteroatoms. The molecule has 5 atom stereocenters. The van der Waals surface area contributed by atoms with Gasteiger partial charge in [0, 0.05) is 36.4 Å². The molecule has 0 aromatic heterocycles. The van der Waals surface area contributed by atoms with Crippen LogP contribution in [0.3, 0.4) is 0 Å². The molecule has 7 N–H and O–H groups in total. The number of benzene rings is 1. The summed E-state index contributed by atoms with van der Waals surface area (Å²) in [6, 6.07) is 3.47. The average Bonchev–Trinajstić information content (AvgIpc) is 2.80. The summed E-state index contributed by atoms with van der Waals surface area (Å²) < 4.78 is 0. The minimum atomic E-state index is -1.61. The summed E-state index contributed by atoms with van der Waals surface area (Å²) in [6.07, 6.45) is -1.32. The zero-order valence-corrected chi connectivity index (χ0v) is 24.0. The van der Waals surface area contributed by atoms with E-state index in [1.54, 1.807) is 0 Å². The van der Waals surface area contributed by atoms with Gasteiger partial charge in [-0.3, -0.25) is 36.1 Å². The van der Waals surface area contributed by atoms with Crippen LogP contribution in [0.5, 0.6) is 0 Å². The van der Waals surface area contributed by atoms with Gasteiger partial charge in [0.1, 0.15) is 12.3 Å². The number of aliphatic carboxylic acids is 2. The van der Waals surface area contributed by atoms with E-state index in [-0.39, 0.29) is 95.8 Å². The molecule has 3 rings (SSSR count). The zero-order chi connectivity index (χ0) is 24.8. The van der Waals surface area contributed by atoms with Gasteiger partial charge in [-0.05, 0) is 37.1 Å². The van der Waals surface area contributed by atoms with Crippen molar-refractivity contribution in [2.75, 3.05) is 18.0 Å². The molecule has 0 bridgehead atoms. The van der Waals surface area contributed by atoms with Crippen molar-refractivity contribution >= 4 is 35.9 Å². The summed E-state index contributed by atoms with van der Waals surface area (Å²) in [4.78, 5) is 59.3. The van der Waals surface area contributed by atoms with Gasteiger partial charge in [0.2, 0.25) is 12.3 Å². The van der Waals surface area contributed by atoms with E-state index in [4.69, 9.17) is 5.73 Å². The van der Waals surface area contributed by atoms with Gasteiger partial charge >= 0.3 is 59.1 Å². The summed E-state index contributed by atoms with van der Waals surface area (Å²) in [6.45, 7) is 0.677. The number of carboxylic acids is 2. The predicted molar refractivity (Wildman–Crippen MR) is 112 cm³/mol. The molecule has 1 aromatic carbocycles. The van der Waals surface area contributed by atoms with Crippen LogP contribution < -0.4 is 107 Å². The molecule has 1 aromatic rings. The Morgan fingerprint density at radius 1 is 1.17 bits per heavy atom. The number of carbonyl (C=O) groups is 5. The molecule has 4 unspecified atom stereocenters. The van der Waals surface area contributed by atoms with E-state index < -0.39 is 42.6 Å². The van der Waals surface area contributed by atoms with Crippen molar-refractivity contribution in [3.63, 3.8) is 0 Å². The molecule has 0 aliphatic carbocycles. The summed E-state index contributed by atoms with van der Waals surface area (Å²) in [5.41, 5.74) is 6.27. The maximum Gasteiger partial charge on any atom is 1.00 e. The fourth-order valence-electron chi connectivity index (χ4n) is 3.78. The predicted octanol–water partition coefficient (Wildman–Crippen LogP) is -11.7. The molecule has 184 valence electrons. The van der Waals surface area contributed by atoms with E-state index in [1.807, 2.05) is 0 Å². The number of nitrogens with zero attached hydrogens (tertiary/aromatic N) is 1. The molecule has 2 heterocycles. The Morgan fingerprint density at radius 3 is 2.42 bits per heavy atom. The third-order valence-corrected chi connectivity index (χ3v) is 5.50. The Hall–Kier alpha value is -1.59. The number of nitrogens with two attached hydrogens (primary N) is 1. The van der Waals surface area contributed by atoms with Crippen LogP contribution in [0, 0.1) is 0 Å². The number of amides is 3. The van der Waals surface area contributed by atoms with E-state index in [2.05, 4.69) is 26.6 Å². The number of carbonyl (C=O) groups excluding carboxylic acids is 5. The number of anilines is 1. The number of fused-ring (bicyclic) bond motifs is 1. The summed E-state index contributed by atoms with van der Waals surface area (Å²) >= 11 is 0. The first-order valence-corrected chi connectivity index (χ1v) is 10.5. The smallest absolute Gasteiger partial charge is 0.550 e. The fraction of sp³-hybridized carbons (Fsp3) is 0.450. The topological polar surface area (TPSA) is 221 Å². The quantitative estimate of drug-likeness (QED) is 0.125. The molecular formula is C20H25N7Na2O7. The van der Waals surface area contributed by atoms with Gasteiger partial charge in [-0.2, -0.15) is 0 Å². The monoisotopic (exact) mass is 521 g/mol. The normalized spacial score (nSPS) is 23.4. The third kappa shape index (κ3) is 8.76. The Bertz CT molecular complexity index is 953. The van der Waals surface area contributed by atoms with Crippen molar-refractivity contribution in [2.24, 2.45) is 5.73 Å². The minimum absolute atomic E-state index is 0. The number of hydrogen-bond acceptors (Lipinski definition) is 11. The van der Waals surface area contributed by atoms with Crippen LogP contribution in [-0.2, 0) is 19.2 Å². The first kappa shape index (κ1) is 32.4. The average molecular weight is 521 g/mol. The van der Waals surface area contributed by atoms with Gasteiger partial charge < -0.3 is 35.3 Å². The van der Waals surface area contributed by atoms with Crippen molar-refractivity contribution in [1.82, 2.24) is 26.6 Å². The van der Waals surface area contributed by atoms with Crippen molar-refractivity contribution in [2.45, 2.75) is 43.4 Å². The second kappa shape index (κ2) is 15.0. The number of nitrogens with one attached hydrogen (secondary N) is 5. The summed E-state index contributed by atoms with van der Waals surface area (Å²) in [5.74, 6) is -4.06. The second-order valence-electron chi connectivity index (χ2n) is 7.94. The van der Waals surface area contributed by atoms with Gasteiger partial charge in [-0.15, -0.1) is 0 Å². The molecule has 3 amide bonds. The molecule has 2 aliphatic heterocycles. The molecule has 0 spiro atoms. The molecule has 0 radical (unpaired) electrons. The van der Waals surface area contributed by atoms with Gasteiger partial charge in [0.15, 0.2) is 0 Å². The van der Waals surface area contributed by atoms with E-state index in [1.165, 1.54) is 29.2 Å². The third-order valence-electron chi connectivity index (χ3n) is 5.50. The molecule has 2 aliphatic rings. The standard InChI is InChI=1S/C20H27N7O7.2Na/c21-20-25-16-15(18(32)26-20)23-11(7-22-16)8-27(9-28)12-3-1-10(2-4-12)17(31)24-13(19(33)34)5-6-14(29)30;;/h1-4,9,11,13,15-16,20,22-23,25H,5-8,21H2,(H,24,31)(H,26,32)(H,29,30)(H,33,34);;/q;2*+1/p-2/t11?,13-,15?,16?,20?;;/m0../s1. The number of rotatable bonds is 10. The van der Waals surface area contributed by atoms with Crippen LogP contribution in [-0.4, -0.2) is 73.8 Å². The SMILES string of the molecule is NC1NC(=O)C2NC(CN(C=O)c3ccc(C(=O)N[C@@H](CCC(=O)[O-])C(=O)[O-])cc3)CNC2N1.[Na+].[Na+]. The minimum Gasteiger partial charge on any atom is -0.550 e. The zero-order valence-electron chi connectivity index (χ0n) is 20.0.